The minimum absolute atomic E-state index is 0.197. The summed E-state index contributed by atoms with van der Waals surface area (Å²) in [5.41, 5.74) is 7.06. The molecule has 0 aliphatic heterocycles. The van der Waals surface area contributed by atoms with Crippen LogP contribution in [0.15, 0.2) is 24.3 Å². The van der Waals surface area contributed by atoms with Crippen LogP contribution >= 0.6 is 0 Å². The smallest absolute Gasteiger partial charge is 0.323 e. The van der Waals surface area contributed by atoms with Gasteiger partial charge in [0.15, 0.2) is 0 Å². The summed E-state index contributed by atoms with van der Waals surface area (Å²) >= 11 is 0. The van der Waals surface area contributed by atoms with Gasteiger partial charge in [-0.15, -0.1) is 0 Å². The third-order valence-corrected chi connectivity index (χ3v) is 3.28. The maximum absolute atomic E-state index is 11.1. The standard InChI is InChI=1S/C14H21NO2/c1-4-11(9-14(3,15)13(16)17)12-8-6-5-7-10(12)2/h5-8,11H,4,9,15H2,1-3H3,(H,16,17). The van der Waals surface area contributed by atoms with E-state index in [1.807, 2.05) is 25.1 Å². The van der Waals surface area contributed by atoms with E-state index in [9.17, 15) is 4.79 Å². The van der Waals surface area contributed by atoms with Crippen molar-refractivity contribution in [3.63, 3.8) is 0 Å². The van der Waals surface area contributed by atoms with Crippen LogP contribution in [0.4, 0.5) is 0 Å². The second-order valence-corrected chi connectivity index (χ2v) is 4.89. The topological polar surface area (TPSA) is 63.3 Å². The third kappa shape index (κ3) is 3.30. The van der Waals surface area contributed by atoms with E-state index in [4.69, 9.17) is 10.8 Å². The van der Waals surface area contributed by atoms with E-state index in [0.29, 0.717) is 6.42 Å². The van der Waals surface area contributed by atoms with Crippen molar-refractivity contribution in [2.24, 2.45) is 5.73 Å². The summed E-state index contributed by atoms with van der Waals surface area (Å²) in [5.74, 6) is -0.744. The Kier molecular flexibility index (Phi) is 4.29. The molecule has 2 atom stereocenters. The molecule has 0 saturated heterocycles. The molecule has 0 bridgehead atoms. The molecule has 17 heavy (non-hydrogen) atoms. The number of hydrogen-bond acceptors (Lipinski definition) is 2. The number of nitrogens with two attached hydrogens (primary N) is 1. The van der Waals surface area contributed by atoms with Crippen molar-refractivity contribution < 1.29 is 9.90 Å². The summed E-state index contributed by atoms with van der Waals surface area (Å²) in [6.45, 7) is 5.69. The van der Waals surface area contributed by atoms with Crippen LogP contribution in [0, 0.1) is 6.92 Å². The van der Waals surface area contributed by atoms with Gasteiger partial charge in [0.1, 0.15) is 5.54 Å². The molecule has 2 unspecified atom stereocenters. The zero-order chi connectivity index (χ0) is 13.1. The molecule has 0 aliphatic carbocycles. The molecule has 1 aromatic carbocycles. The van der Waals surface area contributed by atoms with Gasteiger partial charge in [0.25, 0.3) is 0 Å². The number of carboxylic acid groups (broad SMARTS) is 1. The Morgan fingerprint density at radius 3 is 2.53 bits per heavy atom. The summed E-state index contributed by atoms with van der Waals surface area (Å²) in [6, 6.07) is 8.08. The average molecular weight is 235 g/mol. The quantitative estimate of drug-likeness (QED) is 0.824. The lowest BCUT2D eigenvalue weighted by molar-refractivity contribution is -0.143. The Hall–Kier alpha value is -1.35. The van der Waals surface area contributed by atoms with Crippen LogP contribution in [0.25, 0.3) is 0 Å². The van der Waals surface area contributed by atoms with E-state index < -0.39 is 11.5 Å². The highest BCUT2D eigenvalue weighted by Gasteiger charge is 2.31. The number of carboxylic acids is 1. The van der Waals surface area contributed by atoms with Crippen molar-refractivity contribution in [1.29, 1.82) is 0 Å². The minimum atomic E-state index is -1.16. The lowest BCUT2D eigenvalue weighted by atomic mass is 9.82. The van der Waals surface area contributed by atoms with Crippen molar-refractivity contribution in [2.45, 2.75) is 45.1 Å². The SMILES string of the molecule is CCC(CC(C)(N)C(=O)O)c1ccccc1C. The number of rotatable bonds is 5. The molecule has 0 radical (unpaired) electrons. The first-order valence-electron chi connectivity index (χ1n) is 5.96. The monoisotopic (exact) mass is 235 g/mol. The molecule has 0 saturated carbocycles. The molecule has 3 N–H and O–H groups in total. The highest BCUT2D eigenvalue weighted by molar-refractivity contribution is 5.77. The summed E-state index contributed by atoms with van der Waals surface area (Å²) < 4.78 is 0. The Morgan fingerprint density at radius 2 is 2.06 bits per heavy atom. The van der Waals surface area contributed by atoms with Crippen LogP contribution in [-0.2, 0) is 4.79 Å². The zero-order valence-electron chi connectivity index (χ0n) is 10.7. The van der Waals surface area contributed by atoms with Crippen LogP contribution in [-0.4, -0.2) is 16.6 Å². The number of carbonyl (C=O) groups is 1. The summed E-state index contributed by atoms with van der Waals surface area (Å²) in [5, 5.41) is 9.08. The number of benzene rings is 1. The summed E-state index contributed by atoms with van der Waals surface area (Å²) in [7, 11) is 0. The van der Waals surface area contributed by atoms with Gasteiger partial charge >= 0.3 is 5.97 Å². The predicted octanol–water partition coefficient (Wildman–Crippen LogP) is 2.68. The largest absolute Gasteiger partial charge is 0.480 e. The number of aryl methyl sites for hydroxylation is 1. The van der Waals surface area contributed by atoms with Gasteiger partial charge < -0.3 is 10.8 Å². The Balaban J connectivity index is 2.94. The summed E-state index contributed by atoms with van der Waals surface area (Å²) in [4.78, 5) is 11.1. The van der Waals surface area contributed by atoms with Crippen molar-refractivity contribution in [3.8, 4) is 0 Å². The normalized spacial score (nSPS) is 16.2. The maximum Gasteiger partial charge on any atom is 0.323 e. The van der Waals surface area contributed by atoms with Crippen molar-refractivity contribution >= 4 is 5.97 Å². The Labute approximate surface area is 103 Å². The molecule has 0 spiro atoms. The number of aliphatic carboxylic acids is 1. The van der Waals surface area contributed by atoms with Gasteiger partial charge in [0, 0.05) is 0 Å². The predicted molar refractivity (Wildman–Crippen MR) is 69.1 cm³/mol. The first-order chi connectivity index (χ1) is 7.88. The van der Waals surface area contributed by atoms with Gasteiger partial charge in [-0.25, -0.2) is 0 Å². The highest BCUT2D eigenvalue weighted by Crippen LogP contribution is 2.30. The molecular weight excluding hydrogens is 214 g/mol. The van der Waals surface area contributed by atoms with E-state index in [0.717, 1.165) is 6.42 Å². The van der Waals surface area contributed by atoms with E-state index in [2.05, 4.69) is 13.0 Å². The second kappa shape index (κ2) is 5.32. The van der Waals surface area contributed by atoms with Crippen LogP contribution in [0.2, 0.25) is 0 Å². The van der Waals surface area contributed by atoms with Crippen LogP contribution in [0.1, 0.15) is 43.7 Å². The van der Waals surface area contributed by atoms with E-state index in [1.54, 1.807) is 6.92 Å². The van der Waals surface area contributed by atoms with Crippen molar-refractivity contribution in [1.82, 2.24) is 0 Å². The minimum Gasteiger partial charge on any atom is -0.480 e. The van der Waals surface area contributed by atoms with E-state index in [1.165, 1.54) is 11.1 Å². The van der Waals surface area contributed by atoms with Crippen LogP contribution < -0.4 is 5.73 Å². The van der Waals surface area contributed by atoms with Gasteiger partial charge in [-0.2, -0.15) is 0 Å². The Morgan fingerprint density at radius 1 is 1.47 bits per heavy atom. The lowest BCUT2D eigenvalue weighted by Gasteiger charge is -2.26. The van der Waals surface area contributed by atoms with Crippen molar-refractivity contribution in [3.05, 3.63) is 35.4 Å². The first kappa shape index (κ1) is 13.7. The van der Waals surface area contributed by atoms with Gasteiger partial charge in [0.05, 0.1) is 0 Å². The van der Waals surface area contributed by atoms with Crippen LogP contribution in [0.3, 0.4) is 0 Å². The zero-order valence-corrected chi connectivity index (χ0v) is 10.7. The average Bonchev–Trinajstić information content (AvgIpc) is 2.26. The molecule has 1 aromatic rings. The first-order valence-corrected chi connectivity index (χ1v) is 5.96. The fourth-order valence-electron chi connectivity index (χ4n) is 2.12. The van der Waals surface area contributed by atoms with E-state index >= 15 is 0 Å². The lowest BCUT2D eigenvalue weighted by Crippen LogP contribution is -2.46. The maximum atomic E-state index is 11.1. The molecule has 0 aromatic heterocycles. The molecule has 0 amide bonds. The van der Waals surface area contributed by atoms with Gasteiger partial charge in [-0.05, 0) is 43.7 Å². The molecule has 1 rings (SSSR count). The highest BCUT2D eigenvalue weighted by atomic mass is 16.4. The van der Waals surface area contributed by atoms with E-state index in [-0.39, 0.29) is 5.92 Å². The molecule has 3 heteroatoms. The van der Waals surface area contributed by atoms with Gasteiger partial charge in [-0.3, -0.25) is 4.79 Å². The molecule has 94 valence electrons. The molecule has 0 heterocycles. The molecule has 0 aliphatic rings. The fourth-order valence-corrected chi connectivity index (χ4v) is 2.12. The molecular formula is C14H21NO2. The van der Waals surface area contributed by atoms with Gasteiger partial charge in [-0.1, -0.05) is 31.2 Å². The molecule has 3 nitrogen and oxygen atoms in total. The van der Waals surface area contributed by atoms with Crippen molar-refractivity contribution in [2.75, 3.05) is 0 Å². The van der Waals surface area contributed by atoms with Crippen LogP contribution in [0.5, 0.6) is 0 Å². The number of hydrogen-bond donors (Lipinski definition) is 2. The molecule has 0 fully saturated rings. The van der Waals surface area contributed by atoms with Gasteiger partial charge in [0.2, 0.25) is 0 Å². The second-order valence-electron chi connectivity index (χ2n) is 4.89. The third-order valence-electron chi connectivity index (χ3n) is 3.28. The Bertz CT molecular complexity index is 399. The fraction of sp³-hybridized carbons (Fsp3) is 0.500. The summed E-state index contributed by atoms with van der Waals surface area (Å²) in [6.07, 6.45) is 1.36.